The Labute approximate surface area is 238 Å². The number of epoxide rings is 1. The Hall–Kier alpha value is 0.550. The molecule has 1 unspecified atom stereocenters. The van der Waals surface area contributed by atoms with Gasteiger partial charge in [0.25, 0.3) is 0 Å². The lowest BCUT2D eigenvalue weighted by atomic mass is 9.46. The van der Waals surface area contributed by atoms with Crippen LogP contribution >= 0.6 is 67.5 Å². The molecule has 198 valence electrons. The molecular formula is C24H42O5S5. The van der Waals surface area contributed by atoms with Crippen LogP contribution in [-0.4, -0.2) is 41.3 Å². The number of esters is 1. The molecule has 4 saturated carbocycles. The van der Waals surface area contributed by atoms with Gasteiger partial charge in [0.15, 0.2) is 5.78 Å². The van der Waals surface area contributed by atoms with Crippen LogP contribution < -0.4 is 0 Å². The number of aliphatic hydroxyl groups is 1. The summed E-state index contributed by atoms with van der Waals surface area (Å²) in [6.45, 7) is 4.61. The molecule has 5 fully saturated rings. The predicted molar refractivity (Wildman–Crippen MR) is 157 cm³/mol. The molecule has 0 radical (unpaired) electrons. The van der Waals surface area contributed by atoms with Gasteiger partial charge in [-0.2, -0.15) is 67.5 Å². The van der Waals surface area contributed by atoms with Crippen molar-refractivity contribution in [1.82, 2.24) is 0 Å². The lowest BCUT2D eigenvalue weighted by molar-refractivity contribution is -0.147. The number of methoxy groups -OCH3 is 1. The van der Waals surface area contributed by atoms with E-state index in [4.69, 9.17) is 9.47 Å². The van der Waals surface area contributed by atoms with Crippen molar-refractivity contribution in [3.8, 4) is 0 Å². The second kappa shape index (κ2) is 10.0. The smallest absolute Gasteiger partial charge is 0.305 e. The van der Waals surface area contributed by atoms with Crippen molar-refractivity contribution >= 4 is 79.2 Å². The van der Waals surface area contributed by atoms with Gasteiger partial charge in [0.2, 0.25) is 0 Å². The Morgan fingerprint density at radius 2 is 1.85 bits per heavy atom. The number of rotatable bonds is 3. The SMILES string of the molecule is COC(=O)CC[C@]1(O)CC[C@H]2[C@@H]3[C@H]4C[C@H]4C4=CC(=O)CC[C@]4(C)C34O[C@@H]4C[C@]21C.S.S.S.S.S. The third kappa shape index (κ3) is 3.78. The number of carbonyl (C=O) groups excluding carboxylic acids is 2. The largest absolute Gasteiger partial charge is 0.469 e. The van der Waals surface area contributed by atoms with E-state index in [2.05, 4.69) is 13.8 Å². The third-order valence-electron chi connectivity index (χ3n) is 10.4. The van der Waals surface area contributed by atoms with Gasteiger partial charge in [-0.3, -0.25) is 9.59 Å². The molecule has 5 aliphatic carbocycles. The molecule has 1 N–H and O–H groups in total. The van der Waals surface area contributed by atoms with Crippen molar-refractivity contribution in [1.29, 1.82) is 0 Å². The minimum atomic E-state index is -0.825. The van der Waals surface area contributed by atoms with E-state index in [0.717, 1.165) is 25.7 Å². The Balaban J connectivity index is 0.00000116. The zero-order chi connectivity index (χ0) is 20.4. The van der Waals surface area contributed by atoms with Gasteiger partial charge >= 0.3 is 5.97 Å². The lowest BCUT2D eigenvalue weighted by Gasteiger charge is -2.56. The fraction of sp³-hybridized carbons (Fsp3) is 0.833. The summed E-state index contributed by atoms with van der Waals surface area (Å²) in [6.07, 6.45) is 8.22. The predicted octanol–water partition coefficient (Wildman–Crippen LogP) is 3.75. The van der Waals surface area contributed by atoms with E-state index in [-0.39, 0.29) is 108 Å². The highest BCUT2D eigenvalue weighted by atomic mass is 32.1. The van der Waals surface area contributed by atoms with Crippen LogP contribution in [0.15, 0.2) is 11.6 Å². The van der Waals surface area contributed by atoms with Gasteiger partial charge in [0.1, 0.15) is 5.60 Å². The van der Waals surface area contributed by atoms with E-state index in [1.807, 2.05) is 6.08 Å². The van der Waals surface area contributed by atoms with Gasteiger partial charge < -0.3 is 14.6 Å². The van der Waals surface area contributed by atoms with Gasteiger partial charge in [-0.1, -0.05) is 19.4 Å². The molecule has 0 aromatic heterocycles. The van der Waals surface area contributed by atoms with Crippen molar-refractivity contribution in [2.24, 2.45) is 34.5 Å². The number of ketones is 1. The highest BCUT2D eigenvalue weighted by molar-refractivity contribution is 7.60. The first-order valence-corrected chi connectivity index (χ1v) is 11.4. The molecule has 6 rings (SSSR count). The van der Waals surface area contributed by atoms with Gasteiger partial charge in [0, 0.05) is 23.7 Å². The average Bonchev–Trinajstić information content (AvgIpc) is 3.58. The number of hydrogen-bond acceptors (Lipinski definition) is 5. The summed E-state index contributed by atoms with van der Waals surface area (Å²) < 4.78 is 11.5. The van der Waals surface area contributed by atoms with Crippen molar-refractivity contribution in [3.63, 3.8) is 0 Å². The molecule has 5 nitrogen and oxygen atoms in total. The maximum absolute atomic E-state index is 12.2. The second-order valence-electron chi connectivity index (χ2n) is 11.2. The minimum Gasteiger partial charge on any atom is -0.469 e. The highest BCUT2D eigenvalue weighted by Crippen LogP contribution is 2.82. The zero-order valence-electron chi connectivity index (χ0n) is 20.2. The maximum atomic E-state index is 12.2. The summed E-state index contributed by atoms with van der Waals surface area (Å²) in [7, 11) is 1.41. The summed E-state index contributed by atoms with van der Waals surface area (Å²) in [4.78, 5) is 24.0. The Kier molecular flexibility index (Phi) is 9.60. The topological polar surface area (TPSA) is 76.1 Å². The number of carbonyl (C=O) groups is 2. The minimum absolute atomic E-state index is 0. The van der Waals surface area contributed by atoms with E-state index >= 15 is 0 Å². The van der Waals surface area contributed by atoms with Crippen LogP contribution in [0.4, 0.5) is 0 Å². The maximum Gasteiger partial charge on any atom is 0.305 e. The number of fused-ring (bicyclic) bond motifs is 6. The number of hydrogen-bond donors (Lipinski definition) is 1. The Bertz CT molecular complexity index is 869. The van der Waals surface area contributed by atoms with Crippen LogP contribution in [0.1, 0.15) is 65.2 Å². The van der Waals surface area contributed by atoms with Crippen molar-refractivity contribution in [2.45, 2.75) is 82.5 Å². The first kappa shape index (κ1) is 32.6. The van der Waals surface area contributed by atoms with Crippen LogP contribution in [0, 0.1) is 34.5 Å². The first-order chi connectivity index (χ1) is 13.7. The summed E-state index contributed by atoms with van der Waals surface area (Å²) in [5.74, 6) is 2.07. The second-order valence-corrected chi connectivity index (χ2v) is 11.2. The van der Waals surface area contributed by atoms with Crippen molar-refractivity contribution in [2.75, 3.05) is 7.11 Å². The molecule has 0 aromatic carbocycles. The van der Waals surface area contributed by atoms with Crippen LogP contribution in [0.3, 0.4) is 0 Å². The van der Waals surface area contributed by atoms with E-state index in [0.29, 0.717) is 36.5 Å². The summed E-state index contributed by atoms with van der Waals surface area (Å²) in [5.41, 5.74) is 0.177. The first-order valence-electron chi connectivity index (χ1n) is 11.4. The summed E-state index contributed by atoms with van der Waals surface area (Å²) >= 11 is 0. The van der Waals surface area contributed by atoms with Gasteiger partial charge in [-0.25, -0.2) is 0 Å². The molecule has 1 aliphatic heterocycles. The van der Waals surface area contributed by atoms with Crippen LogP contribution in [-0.2, 0) is 19.1 Å². The fourth-order valence-corrected chi connectivity index (χ4v) is 8.75. The molecule has 1 spiro atoms. The van der Waals surface area contributed by atoms with E-state index < -0.39 is 5.60 Å². The van der Waals surface area contributed by atoms with Crippen molar-refractivity contribution < 1.29 is 24.2 Å². The molecule has 10 heteroatoms. The third-order valence-corrected chi connectivity index (χ3v) is 10.4. The fourth-order valence-electron chi connectivity index (χ4n) is 8.75. The lowest BCUT2D eigenvalue weighted by Crippen LogP contribution is -2.60. The van der Waals surface area contributed by atoms with Crippen LogP contribution in [0.2, 0.25) is 0 Å². The van der Waals surface area contributed by atoms with Gasteiger partial charge in [-0.15, -0.1) is 0 Å². The summed E-state index contributed by atoms with van der Waals surface area (Å²) in [6, 6.07) is 0. The van der Waals surface area contributed by atoms with Gasteiger partial charge in [-0.05, 0) is 68.3 Å². The highest BCUT2D eigenvalue weighted by Gasteiger charge is 2.84. The monoisotopic (exact) mass is 570 g/mol. The molecular weight excluding hydrogens is 529 g/mol. The molecule has 0 aromatic rings. The number of ether oxygens (including phenoxy) is 2. The molecule has 0 amide bonds. The van der Waals surface area contributed by atoms with E-state index in [1.165, 1.54) is 19.1 Å². The molecule has 1 heterocycles. The quantitative estimate of drug-likeness (QED) is 0.413. The van der Waals surface area contributed by atoms with E-state index in [1.54, 1.807) is 0 Å². The normalized spacial score (nSPS) is 47.9. The molecule has 1 saturated heterocycles. The zero-order valence-corrected chi connectivity index (χ0v) is 25.2. The Morgan fingerprint density at radius 1 is 1.18 bits per heavy atom. The van der Waals surface area contributed by atoms with E-state index in [9.17, 15) is 14.7 Å². The van der Waals surface area contributed by atoms with Crippen LogP contribution in [0.25, 0.3) is 0 Å². The van der Waals surface area contributed by atoms with Gasteiger partial charge in [0.05, 0.1) is 18.8 Å². The Morgan fingerprint density at radius 3 is 2.50 bits per heavy atom. The molecule has 9 atom stereocenters. The average molecular weight is 571 g/mol. The van der Waals surface area contributed by atoms with Crippen molar-refractivity contribution in [3.05, 3.63) is 11.6 Å². The molecule has 34 heavy (non-hydrogen) atoms. The molecule has 6 aliphatic rings. The molecule has 0 bridgehead atoms. The van der Waals surface area contributed by atoms with Crippen LogP contribution in [0.5, 0.6) is 0 Å². The summed E-state index contributed by atoms with van der Waals surface area (Å²) in [5, 5.41) is 11.7. The standard InChI is InChI=1S/C24H32O5.5H2S/c1-21-7-4-13(25)10-17(21)14-11-15(14)20-16-5-8-23(27,9-6-19(26)28-3)22(16,2)12-18-24(20,21)29-18;;;;;/h10,14-16,18,20,27H,4-9,11-12H2,1-3H3;5*1H2/t14-,15+,16+,18-,20+,21+,22-,23-,24?;;;;;/m1...../s1.